The van der Waals surface area contributed by atoms with E-state index in [0.29, 0.717) is 0 Å². The summed E-state index contributed by atoms with van der Waals surface area (Å²) in [6.07, 6.45) is 0. The van der Waals surface area contributed by atoms with Gasteiger partial charge in [-0.2, -0.15) is 0 Å². The van der Waals surface area contributed by atoms with E-state index in [2.05, 4.69) is 266 Å². The quantitative estimate of drug-likeness (QED) is 0.145. The van der Waals surface area contributed by atoms with Crippen molar-refractivity contribution in [3.05, 3.63) is 283 Å². The molecule has 0 aromatic heterocycles. The lowest BCUT2D eigenvalue weighted by Crippen LogP contribution is -2.28. The molecule has 12 aromatic rings. The van der Waals surface area contributed by atoms with E-state index in [0.717, 1.165) is 22.6 Å². The largest absolute Gasteiger partial charge is 0.310 e. The zero-order valence-electron chi connectivity index (χ0n) is 36.3. The van der Waals surface area contributed by atoms with Gasteiger partial charge in [0.15, 0.2) is 0 Å². The van der Waals surface area contributed by atoms with Crippen LogP contribution >= 0.6 is 0 Å². The van der Waals surface area contributed by atoms with Gasteiger partial charge < -0.3 is 4.90 Å². The van der Waals surface area contributed by atoms with E-state index in [1.807, 2.05) is 0 Å². The average molecular weight is 838 g/mol. The molecule has 0 heterocycles. The van der Waals surface area contributed by atoms with Crippen LogP contribution in [0.25, 0.3) is 76.5 Å². The van der Waals surface area contributed by atoms with Gasteiger partial charge in [-0.3, -0.25) is 0 Å². The lowest BCUT2D eigenvalue weighted by atomic mass is 9.68. The molecule has 1 nitrogen and oxygen atoms in total. The van der Waals surface area contributed by atoms with Gasteiger partial charge in [0.25, 0.3) is 0 Å². The van der Waals surface area contributed by atoms with Crippen molar-refractivity contribution in [2.45, 2.75) is 5.41 Å². The zero-order chi connectivity index (χ0) is 43.6. The number of benzene rings is 12. The van der Waals surface area contributed by atoms with Gasteiger partial charge in [-0.05, 0) is 130 Å². The Morgan fingerprint density at radius 3 is 1.48 bits per heavy atom. The molecule has 0 amide bonds. The molecule has 0 saturated heterocycles. The van der Waals surface area contributed by atoms with E-state index < -0.39 is 5.41 Å². The highest BCUT2D eigenvalue weighted by atomic mass is 15.1. The van der Waals surface area contributed by atoms with Gasteiger partial charge in [-0.15, -0.1) is 0 Å². The standard InChI is InChI=1S/C65H43N/c1-3-24-48(25-4-1)65(49-26-5-2-6-27-49)61-36-14-13-34-59(61)64-62(65)37-18-38-63(64)66(51-39-40-58-56-32-10-9-30-54(56)55-31-11-12-33-57(55)60(58)43-51)50-28-16-22-46(42-50)45-21-15-23-47(41-45)53-35-17-20-44-19-7-8-29-52(44)53/h1-43H. The molecule has 0 unspecified atom stereocenters. The van der Waals surface area contributed by atoms with Crippen LogP contribution in [0, 0.1) is 0 Å². The molecule has 308 valence electrons. The summed E-state index contributed by atoms with van der Waals surface area (Å²) in [5.41, 5.74) is 15.1. The summed E-state index contributed by atoms with van der Waals surface area (Å²) in [7, 11) is 0. The summed E-state index contributed by atoms with van der Waals surface area (Å²) in [5, 5.41) is 10.1. The van der Waals surface area contributed by atoms with E-state index in [1.54, 1.807) is 0 Å². The fourth-order valence-corrected chi connectivity index (χ4v) is 11.3. The molecule has 13 rings (SSSR count). The van der Waals surface area contributed by atoms with E-state index >= 15 is 0 Å². The number of hydrogen-bond acceptors (Lipinski definition) is 1. The van der Waals surface area contributed by atoms with Crippen molar-refractivity contribution in [3.8, 4) is 33.4 Å². The van der Waals surface area contributed by atoms with Gasteiger partial charge in [0.1, 0.15) is 0 Å². The van der Waals surface area contributed by atoms with Gasteiger partial charge in [0, 0.05) is 16.9 Å². The van der Waals surface area contributed by atoms with E-state index in [4.69, 9.17) is 0 Å². The summed E-state index contributed by atoms with van der Waals surface area (Å²) in [5.74, 6) is 0. The third kappa shape index (κ3) is 5.80. The Morgan fingerprint density at radius 2 is 0.758 bits per heavy atom. The topological polar surface area (TPSA) is 3.24 Å². The molecule has 1 aliphatic carbocycles. The van der Waals surface area contributed by atoms with Crippen molar-refractivity contribution in [3.63, 3.8) is 0 Å². The predicted octanol–water partition coefficient (Wildman–Crippen LogP) is 17.5. The van der Waals surface area contributed by atoms with Crippen molar-refractivity contribution in [2.24, 2.45) is 0 Å². The maximum atomic E-state index is 2.52. The van der Waals surface area contributed by atoms with Crippen LogP contribution in [0.1, 0.15) is 22.3 Å². The summed E-state index contributed by atoms with van der Waals surface area (Å²) in [6, 6.07) is 96.5. The lowest BCUT2D eigenvalue weighted by molar-refractivity contribution is 0.768. The van der Waals surface area contributed by atoms with Crippen molar-refractivity contribution in [1.29, 1.82) is 0 Å². The molecule has 1 heteroatoms. The summed E-state index contributed by atoms with van der Waals surface area (Å²) in [4.78, 5) is 2.52. The second kappa shape index (κ2) is 15.3. The van der Waals surface area contributed by atoms with E-state index in [1.165, 1.54) is 93.2 Å². The maximum absolute atomic E-state index is 2.52. The number of rotatable bonds is 7. The van der Waals surface area contributed by atoms with Crippen LogP contribution in [0.2, 0.25) is 0 Å². The Bertz CT molecular complexity index is 3750. The normalized spacial score (nSPS) is 12.7. The van der Waals surface area contributed by atoms with Crippen molar-refractivity contribution >= 4 is 60.2 Å². The van der Waals surface area contributed by atoms with Gasteiger partial charge in [0.05, 0.1) is 11.1 Å². The lowest BCUT2D eigenvalue weighted by Gasteiger charge is -2.34. The Labute approximate surface area is 385 Å². The minimum absolute atomic E-state index is 0.529. The minimum Gasteiger partial charge on any atom is -0.310 e. The summed E-state index contributed by atoms with van der Waals surface area (Å²) in [6.45, 7) is 0. The fraction of sp³-hybridized carbons (Fsp3) is 0.0154. The second-order valence-corrected chi connectivity index (χ2v) is 17.5. The van der Waals surface area contributed by atoms with Crippen molar-refractivity contribution < 1.29 is 0 Å². The summed E-state index contributed by atoms with van der Waals surface area (Å²) >= 11 is 0. The molecular weight excluding hydrogens is 795 g/mol. The highest BCUT2D eigenvalue weighted by molar-refractivity contribution is 6.26. The molecule has 0 aliphatic heterocycles. The molecule has 0 fully saturated rings. The average Bonchev–Trinajstić information content (AvgIpc) is 3.71. The van der Waals surface area contributed by atoms with Crippen LogP contribution in [0.15, 0.2) is 261 Å². The Kier molecular flexibility index (Phi) is 8.82. The predicted molar refractivity (Wildman–Crippen MR) is 279 cm³/mol. The number of nitrogens with zero attached hydrogens (tertiary/aromatic N) is 1. The number of fused-ring (bicyclic) bond motifs is 10. The molecule has 0 atom stereocenters. The monoisotopic (exact) mass is 837 g/mol. The third-order valence-electron chi connectivity index (χ3n) is 14.1. The van der Waals surface area contributed by atoms with E-state index in [9.17, 15) is 0 Å². The van der Waals surface area contributed by atoms with Gasteiger partial charge in [-0.25, -0.2) is 0 Å². The molecule has 1 aliphatic rings. The molecule has 0 saturated carbocycles. The molecule has 0 bridgehead atoms. The highest BCUT2D eigenvalue weighted by Crippen LogP contribution is 2.59. The number of anilines is 3. The van der Waals surface area contributed by atoms with Crippen LogP contribution in [0.4, 0.5) is 17.1 Å². The van der Waals surface area contributed by atoms with Gasteiger partial charge in [0.2, 0.25) is 0 Å². The SMILES string of the molecule is c1ccc(C2(c3ccccc3)c3ccccc3-c3c(N(c4cccc(-c5cccc(-c6cccc7ccccc67)c5)c4)c4ccc5c6ccccc6c6ccccc6c5c4)cccc32)cc1. The van der Waals surface area contributed by atoms with Gasteiger partial charge in [-0.1, -0.05) is 224 Å². The van der Waals surface area contributed by atoms with Crippen LogP contribution in [-0.2, 0) is 5.41 Å². The highest BCUT2D eigenvalue weighted by Gasteiger charge is 2.47. The smallest absolute Gasteiger partial charge is 0.0714 e. The van der Waals surface area contributed by atoms with Crippen LogP contribution in [0.5, 0.6) is 0 Å². The van der Waals surface area contributed by atoms with Crippen LogP contribution in [0.3, 0.4) is 0 Å². The molecule has 0 N–H and O–H groups in total. The van der Waals surface area contributed by atoms with Crippen molar-refractivity contribution in [2.75, 3.05) is 4.90 Å². The molecule has 66 heavy (non-hydrogen) atoms. The summed E-state index contributed by atoms with van der Waals surface area (Å²) < 4.78 is 0. The molecule has 0 spiro atoms. The molecule has 12 aromatic carbocycles. The first-order valence-corrected chi connectivity index (χ1v) is 22.9. The zero-order valence-corrected chi connectivity index (χ0v) is 36.3. The first kappa shape index (κ1) is 38.0. The molecular formula is C65H43N. The van der Waals surface area contributed by atoms with Crippen LogP contribution in [-0.4, -0.2) is 0 Å². The third-order valence-corrected chi connectivity index (χ3v) is 14.1. The first-order valence-electron chi connectivity index (χ1n) is 22.9. The van der Waals surface area contributed by atoms with Crippen molar-refractivity contribution in [1.82, 2.24) is 0 Å². The van der Waals surface area contributed by atoms with Crippen LogP contribution < -0.4 is 4.90 Å². The minimum atomic E-state index is -0.529. The van der Waals surface area contributed by atoms with Gasteiger partial charge >= 0.3 is 0 Å². The second-order valence-electron chi connectivity index (χ2n) is 17.5. The maximum Gasteiger partial charge on any atom is 0.0714 e. The number of hydrogen-bond donors (Lipinski definition) is 0. The Morgan fingerprint density at radius 1 is 0.273 bits per heavy atom. The Hall–Kier alpha value is -8.52. The Balaban J connectivity index is 1.08. The fourth-order valence-electron chi connectivity index (χ4n) is 11.3. The van der Waals surface area contributed by atoms with E-state index in [-0.39, 0.29) is 0 Å². The first-order chi connectivity index (χ1) is 32.8. The molecule has 0 radical (unpaired) electrons.